The first kappa shape index (κ1) is 15.0. The summed E-state index contributed by atoms with van der Waals surface area (Å²) in [5, 5.41) is 9.15. The van der Waals surface area contributed by atoms with Crippen molar-refractivity contribution in [1.82, 2.24) is 0 Å². The molecule has 0 saturated carbocycles. The Hall–Kier alpha value is -1.09. The lowest BCUT2D eigenvalue weighted by atomic mass is 10.1. The van der Waals surface area contributed by atoms with Crippen molar-refractivity contribution in [2.24, 2.45) is 11.8 Å². The van der Waals surface area contributed by atoms with Crippen LogP contribution in [-0.2, 0) is 6.61 Å². The summed E-state index contributed by atoms with van der Waals surface area (Å²) in [4.78, 5) is 2.19. The molecule has 1 aromatic rings. The SMILES string of the molecule is CC(C)CN(CC(C)C)c1cc(F)cc(CO)c1. The summed E-state index contributed by atoms with van der Waals surface area (Å²) in [6, 6.07) is 4.80. The number of anilines is 1. The van der Waals surface area contributed by atoms with E-state index < -0.39 is 0 Å². The van der Waals surface area contributed by atoms with Crippen molar-refractivity contribution in [3.8, 4) is 0 Å². The first-order chi connectivity index (χ1) is 8.42. The van der Waals surface area contributed by atoms with Crippen molar-refractivity contribution in [3.63, 3.8) is 0 Å². The summed E-state index contributed by atoms with van der Waals surface area (Å²) in [5.74, 6) is 0.753. The van der Waals surface area contributed by atoms with Crippen molar-refractivity contribution >= 4 is 5.69 Å². The molecule has 3 heteroatoms. The zero-order chi connectivity index (χ0) is 13.7. The van der Waals surface area contributed by atoms with Crippen molar-refractivity contribution in [1.29, 1.82) is 0 Å². The maximum Gasteiger partial charge on any atom is 0.125 e. The van der Waals surface area contributed by atoms with Gasteiger partial charge in [-0.2, -0.15) is 0 Å². The van der Waals surface area contributed by atoms with Gasteiger partial charge in [0.25, 0.3) is 0 Å². The predicted octanol–water partition coefficient (Wildman–Crippen LogP) is 3.44. The monoisotopic (exact) mass is 253 g/mol. The predicted molar refractivity (Wildman–Crippen MR) is 74.2 cm³/mol. The first-order valence-corrected chi connectivity index (χ1v) is 6.57. The second-order valence-electron chi connectivity index (χ2n) is 5.67. The summed E-state index contributed by atoms with van der Waals surface area (Å²) in [6.45, 7) is 10.3. The highest BCUT2D eigenvalue weighted by atomic mass is 19.1. The number of hydrogen-bond donors (Lipinski definition) is 1. The van der Waals surface area contributed by atoms with Crippen LogP contribution in [0.25, 0.3) is 0 Å². The molecule has 0 bridgehead atoms. The maximum atomic E-state index is 13.5. The van der Waals surface area contributed by atoms with Gasteiger partial charge in [0.2, 0.25) is 0 Å². The highest BCUT2D eigenvalue weighted by Gasteiger charge is 2.12. The third-order valence-corrected chi connectivity index (χ3v) is 2.66. The first-order valence-electron chi connectivity index (χ1n) is 6.57. The smallest absolute Gasteiger partial charge is 0.125 e. The number of benzene rings is 1. The normalized spacial score (nSPS) is 11.3. The van der Waals surface area contributed by atoms with E-state index in [0.717, 1.165) is 18.8 Å². The number of rotatable bonds is 6. The fourth-order valence-corrected chi connectivity index (χ4v) is 2.07. The van der Waals surface area contributed by atoms with Gasteiger partial charge in [-0.3, -0.25) is 0 Å². The van der Waals surface area contributed by atoms with Crippen LogP contribution in [0.15, 0.2) is 18.2 Å². The van der Waals surface area contributed by atoms with E-state index in [9.17, 15) is 4.39 Å². The molecule has 1 rings (SSSR count). The average molecular weight is 253 g/mol. The van der Waals surface area contributed by atoms with Crippen molar-refractivity contribution < 1.29 is 9.50 Å². The Morgan fingerprint density at radius 3 is 2.06 bits per heavy atom. The molecule has 0 saturated heterocycles. The van der Waals surface area contributed by atoms with Crippen LogP contribution in [0.2, 0.25) is 0 Å². The van der Waals surface area contributed by atoms with E-state index in [-0.39, 0.29) is 12.4 Å². The molecule has 0 aliphatic carbocycles. The molecule has 18 heavy (non-hydrogen) atoms. The summed E-state index contributed by atoms with van der Waals surface area (Å²) < 4.78 is 13.5. The molecule has 0 radical (unpaired) electrons. The number of aliphatic hydroxyl groups is 1. The molecule has 0 aromatic heterocycles. The molecule has 1 N–H and O–H groups in total. The summed E-state index contributed by atoms with van der Waals surface area (Å²) in [5.41, 5.74) is 1.49. The van der Waals surface area contributed by atoms with E-state index in [1.165, 1.54) is 6.07 Å². The number of aliphatic hydroxyl groups excluding tert-OH is 1. The second kappa shape index (κ2) is 6.74. The number of hydrogen-bond acceptors (Lipinski definition) is 2. The van der Waals surface area contributed by atoms with Gasteiger partial charge < -0.3 is 10.0 Å². The minimum Gasteiger partial charge on any atom is -0.392 e. The molecule has 0 fully saturated rings. The zero-order valence-corrected chi connectivity index (χ0v) is 11.8. The summed E-state index contributed by atoms with van der Waals surface area (Å²) in [6.07, 6.45) is 0. The van der Waals surface area contributed by atoms with Crippen molar-refractivity contribution in [2.75, 3.05) is 18.0 Å². The Kier molecular flexibility index (Phi) is 5.60. The molecule has 1 aromatic carbocycles. The van der Waals surface area contributed by atoms with E-state index in [2.05, 4.69) is 32.6 Å². The van der Waals surface area contributed by atoms with Gasteiger partial charge in [0, 0.05) is 18.8 Å². The highest BCUT2D eigenvalue weighted by Crippen LogP contribution is 2.21. The van der Waals surface area contributed by atoms with Crippen LogP contribution < -0.4 is 4.90 Å². The quantitative estimate of drug-likeness (QED) is 0.839. The van der Waals surface area contributed by atoms with Crippen molar-refractivity contribution in [2.45, 2.75) is 34.3 Å². The second-order valence-corrected chi connectivity index (χ2v) is 5.67. The summed E-state index contributed by atoms with van der Waals surface area (Å²) >= 11 is 0. The van der Waals surface area contributed by atoms with Crippen LogP contribution in [0, 0.1) is 17.7 Å². The number of nitrogens with zero attached hydrogens (tertiary/aromatic N) is 1. The molecule has 0 atom stereocenters. The van der Waals surface area contributed by atoms with Crippen LogP contribution in [0.3, 0.4) is 0 Å². The Morgan fingerprint density at radius 1 is 1.06 bits per heavy atom. The van der Waals surface area contributed by atoms with E-state index in [4.69, 9.17) is 5.11 Å². The number of halogens is 1. The zero-order valence-electron chi connectivity index (χ0n) is 11.8. The molecule has 0 spiro atoms. The third-order valence-electron chi connectivity index (χ3n) is 2.66. The average Bonchev–Trinajstić information content (AvgIpc) is 2.26. The minimum atomic E-state index is -0.283. The van der Waals surface area contributed by atoms with Gasteiger partial charge in [0.15, 0.2) is 0 Å². The van der Waals surface area contributed by atoms with Gasteiger partial charge in [-0.05, 0) is 35.6 Å². The Labute approximate surface area is 109 Å². The molecule has 2 nitrogen and oxygen atoms in total. The fourth-order valence-electron chi connectivity index (χ4n) is 2.07. The molecule has 102 valence electrons. The lowest BCUT2D eigenvalue weighted by molar-refractivity contribution is 0.281. The van der Waals surface area contributed by atoms with E-state index in [1.54, 1.807) is 6.07 Å². The third kappa shape index (κ3) is 4.65. The molecular formula is C15H24FNO. The van der Waals surface area contributed by atoms with Crippen LogP contribution in [0.1, 0.15) is 33.3 Å². The lowest BCUT2D eigenvalue weighted by Crippen LogP contribution is -2.31. The van der Waals surface area contributed by atoms with Crippen LogP contribution in [0.4, 0.5) is 10.1 Å². The molecule has 0 amide bonds. The highest BCUT2D eigenvalue weighted by molar-refractivity contribution is 5.49. The largest absolute Gasteiger partial charge is 0.392 e. The Morgan fingerprint density at radius 2 is 1.61 bits per heavy atom. The molecule has 0 aliphatic heterocycles. The van der Waals surface area contributed by atoms with Crippen LogP contribution >= 0.6 is 0 Å². The van der Waals surface area contributed by atoms with Gasteiger partial charge in [-0.25, -0.2) is 4.39 Å². The lowest BCUT2D eigenvalue weighted by Gasteiger charge is -2.29. The standard InChI is InChI=1S/C15H24FNO/c1-11(2)8-17(9-12(3)4)15-6-13(10-18)5-14(16)7-15/h5-7,11-12,18H,8-10H2,1-4H3. The van der Waals surface area contributed by atoms with Crippen LogP contribution in [0.5, 0.6) is 0 Å². The summed E-state index contributed by atoms with van der Waals surface area (Å²) in [7, 11) is 0. The van der Waals surface area contributed by atoms with Crippen LogP contribution in [-0.4, -0.2) is 18.2 Å². The topological polar surface area (TPSA) is 23.5 Å². The van der Waals surface area contributed by atoms with Gasteiger partial charge in [-0.1, -0.05) is 27.7 Å². The molecule has 0 unspecified atom stereocenters. The Bertz CT molecular complexity index is 367. The van der Waals surface area contributed by atoms with Crippen molar-refractivity contribution in [3.05, 3.63) is 29.6 Å². The molecular weight excluding hydrogens is 229 g/mol. The van der Waals surface area contributed by atoms with Gasteiger partial charge >= 0.3 is 0 Å². The fraction of sp³-hybridized carbons (Fsp3) is 0.600. The minimum absolute atomic E-state index is 0.123. The van der Waals surface area contributed by atoms with E-state index in [0.29, 0.717) is 17.4 Å². The molecule has 0 heterocycles. The molecule has 0 aliphatic rings. The van der Waals surface area contributed by atoms with Gasteiger partial charge in [-0.15, -0.1) is 0 Å². The Balaban J connectivity index is 2.99. The van der Waals surface area contributed by atoms with Gasteiger partial charge in [0.1, 0.15) is 5.82 Å². The van der Waals surface area contributed by atoms with Gasteiger partial charge in [0.05, 0.1) is 6.61 Å². The van der Waals surface area contributed by atoms with E-state index >= 15 is 0 Å². The van der Waals surface area contributed by atoms with E-state index in [1.807, 2.05) is 6.07 Å². The maximum absolute atomic E-state index is 13.5.